The van der Waals surface area contributed by atoms with Gasteiger partial charge in [-0.15, -0.1) is 0 Å². The summed E-state index contributed by atoms with van der Waals surface area (Å²) in [6.45, 7) is 3.55. The lowest BCUT2D eigenvalue weighted by molar-refractivity contribution is -0.128. The van der Waals surface area contributed by atoms with Gasteiger partial charge in [-0.05, 0) is 29.8 Å². The average molecular weight is 481 g/mol. The van der Waals surface area contributed by atoms with Gasteiger partial charge in [0, 0.05) is 44.3 Å². The molecule has 0 unspecified atom stereocenters. The molecule has 0 bridgehead atoms. The fourth-order valence-electron chi connectivity index (χ4n) is 5.08. The second kappa shape index (κ2) is 8.25. The maximum absolute atomic E-state index is 12.2. The molecular formula is C33H20O4. The van der Waals surface area contributed by atoms with Crippen molar-refractivity contribution in [1.82, 2.24) is 0 Å². The number of carbonyl (C=O) groups excluding carboxylic acids is 1. The molecule has 176 valence electrons. The van der Waals surface area contributed by atoms with E-state index in [0.717, 1.165) is 72.2 Å². The highest BCUT2D eigenvalue weighted by molar-refractivity contribution is 6.11. The topological polar surface area (TPSA) is 52.6 Å². The molecule has 0 fully saturated rings. The zero-order valence-electron chi connectivity index (χ0n) is 19.7. The Kier molecular flexibility index (Phi) is 4.73. The molecule has 7 rings (SSSR count). The molecule has 2 aromatic heterocycles. The monoisotopic (exact) mass is 480 g/mol. The number of fused-ring (bicyclic) bond motifs is 6. The molecule has 0 radical (unpaired) electrons. The summed E-state index contributed by atoms with van der Waals surface area (Å²) in [7, 11) is 0. The third-order valence-corrected chi connectivity index (χ3v) is 6.77. The normalized spacial score (nSPS) is 11.5. The van der Waals surface area contributed by atoms with Gasteiger partial charge in [-0.25, -0.2) is 4.79 Å². The van der Waals surface area contributed by atoms with Crippen molar-refractivity contribution in [1.29, 1.82) is 0 Å². The highest BCUT2D eigenvalue weighted by atomic mass is 16.5. The molecule has 0 aliphatic rings. The van der Waals surface area contributed by atoms with Crippen molar-refractivity contribution >= 4 is 49.8 Å². The standard InChI is InChI=1S/C33H20O4/c1-2-31(34)35-30-18-17-20(21-11-7-12-24-22-9-3-5-15-28(22)36-32(21)24)19-27(30)26-14-8-13-25-23-10-4-6-16-29(23)37-33(25)26/h2-19H,1H2. The molecule has 0 amide bonds. The number of rotatable bonds is 4. The van der Waals surface area contributed by atoms with E-state index in [1.165, 1.54) is 0 Å². The molecule has 0 saturated heterocycles. The van der Waals surface area contributed by atoms with Crippen LogP contribution in [0.3, 0.4) is 0 Å². The predicted molar refractivity (Wildman–Crippen MR) is 148 cm³/mol. The highest BCUT2D eigenvalue weighted by Gasteiger charge is 2.19. The molecule has 0 atom stereocenters. The summed E-state index contributed by atoms with van der Waals surface area (Å²) in [5.74, 6) is -0.0939. The molecule has 0 spiro atoms. The SMILES string of the molecule is C=CC(=O)Oc1ccc(-c2cccc3c2oc2ccccc23)cc1-c1cccc2c1oc1ccccc12. The summed E-state index contributed by atoms with van der Waals surface area (Å²) in [4.78, 5) is 12.2. The van der Waals surface area contributed by atoms with Gasteiger partial charge in [-0.1, -0.05) is 85.4 Å². The Morgan fingerprint density at radius 1 is 0.622 bits per heavy atom. The lowest BCUT2D eigenvalue weighted by Crippen LogP contribution is -2.04. The first-order chi connectivity index (χ1) is 18.2. The smallest absolute Gasteiger partial charge is 0.335 e. The number of benzene rings is 5. The average Bonchev–Trinajstić information content (AvgIpc) is 3.52. The van der Waals surface area contributed by atoms with Gasteiger partial charge < -0.3 is 13.6 Å². The fraction of sp³-hybridized carbons (Fsp3) is 0. The molecule has 0 saturated carbocycles. The van der Waals surface area contributed by atoms with Crippen LogP contribution in [0, 0.1) is 0 Å². The summed E-state index contributed by atoms with van der Waals surface area (Å²) in [5.41, 5.74) is 6.65. The van der Waals surface area contributed by atoms with Crippen LogP contribution >= 0.6 is 0 Å². The van der Waals surface area contributed by atoms with Crippen molar-refractivity contribution < 1.29 is 18.4 Å². The van der Waals surface area contributed by atoms with Crippen molar-refractivity contribution in [2.75, 3.05) is 0 Å². The van der Waals surface area contributed by atoms with Gasteiger partial charge in [0.15, 0.2) is 0 Å². The fourth-order valence-corrected chi connectivity index (χ4v) is 5.08. The summed E-state index contributed by atoms with van der Waals surface area (Å²) in [5, 5.41) is 4.16. The summed E-state index contributed by atoms with van der Waals surface area (Å²) in [6, 6.07) is 33.9. The second-order valence-corrected chi connectivity index (χ2v) is 8.90. The number of hydrogen-bond donors (Lipinski definition) is 0. The van der Waals surface area contributed by atoms with Crippen LogP contribution in [0.25, 0.3) is 66.1 Å². The Balaban J connectivity index is 1.50. The van der Waals surface area contributed by atoms with Crippen molar-refractivity contribution in [3.8, 4) is 28.0 Å². The van der Waals surface area contributed by atoms with Crippen LogP contribution in [-0.2, 0) is 4.79 Å². The van der Waals surface area contributed by atoms with Crippen LogP contribution in [0.1, 0.15) is 0 Å². The summed E-state index contributed by atoms with van der Waals surface area (Å²) >= 11 is 0. The molecule has 4 nitrogen and oxygen atoms in total. The van der Waals surface area contributed by atoms with E-state index in [-0.39, 0.29) is 0 Å². The Morgan fingerprint density at radius 2 is 1.19 bits per heavy atom. The minimum absolute atomic E-state index is 0.429. The molecule has 7 aromatic rings. The van der Waals surface area contributed by atoms with E-state index in [1.54, 1.807) is 0 Å². The molecule has 37 heavy (non-hydrogen) atoms. The largest absolute Gasteiger partial charge is 0.455 e. The van der Waals surface area contributed by atoms with Crippen molar-refractivity contribution in [3.05, 3.63) is 116 Å². The first-order valence-corrected chi connectivity index (χ1v) is 12.0. The maximum Gasteiger partial charge on any atom is 0.335 e. The van der Waals surface area contributed by atoms with E-state index in [0.29, 0.717) is 5.75 Å². The summed E-state index contributed by atoms with van der Waals surface area (Å²) < 4.78 is 18.3. The van der Waals surface area contributed by atoms with Gasteiger partial charge in [0.25, 0.3) is 0 Å². The lowest BCUT2D eigenvalue weighted by atomic mass is 9.95. The quantitative estimate of drug-likeness (QED) is 0.143. The molecule has 4 heteroatoms. The number of carbonyl (C=O) groups is 1. The lowest BCUT2D eigenvalue weighted by Gasteiger charge is -2.13. The highest BCUT2D eigenvalue weighted by Crippen LogP contribution is 2.43. The minimum atomic E-state index is -0.523. The van der Waals surface area contributed by atoms with Crippen LogP contribution in [0.2, 0.25) is 0 Å². The van der Waals surface area contributed by atoms with Gasteiger partial charge in [-0.3, -0.25) is 0 Å². The van der Waals surface area contributed by atoms with Crippen LogP contribution in [0.5, 0.6) is 5.75 Å². The van der Waals surface area contributed by atoms with Crippen molar-refractivity contribution in [3.63, 3.8) is 0 Å². The van der Waals surface area contributed by atoms with Crippen molar-refractivity contribution in [2.45, 2.75) is 0 Å². The second-order valence-electron chi connectivity index (χ2n) is 8.90. The first-order valence-electron chi connectivity index (χ1n) is 12.0. The maximum atomic E-state index is 12.2. The van der Waals surface area contributed by atoms with E-state index >= 15 is 0 Å². The summed E-state index contributed by atoms with van der Waals surface area (Å²) in [6.07, 6.45) is 1.16. The van der Waals surface area contributed by atoms with E-state index in [4.69, 9.17) is 13.6 Å². The number of furan rings is 2. The van der Waals surface area contributed by atoms with E-state index in [2.05, 4.69) is 18.7 Å². The zero-order valence-corrected chi connectivity index (χ0v) is 19.7. The third-order valence-electron chi connectivity index (χ3n) is 6.77. The van der Waals surface area contributed by atoms with E-state index < -0.39 is 5.97 Å². The van der Waals surface area contributed by atoms with E-state index in [1.807, 2.05) is 91.0 Å². The zero-order chi connectivity index (χ0) is 24.9. The molecule has 0 aliphatic heterocycles. The number of hydrogen-bond acceptors (Lipinski definition) is 4. The van der Waals surface area contributed by atoms with Crippen molar-refractivity contribution in [2.24, 2.45) is 0 Å². The number of para-hydroxylation sites is 4. The third kappa shape index (κ3) is 3.34. The van der Waals surface area contributed by atoms with Crippen LogP contribution in [-0.4, -0.2) is 5.97 Å². The van der Waals surface area contributed by atoms with Gasteiger partial charge in [0.2, 0.25) is 0 Å². The predicted octanol–water partition coefficient (Wildman–Crippen LogP) is 8.91. The van der Waals surface area contributed by atoms with Crippen LogP contribution < -0.4 is 4.74 Å². The van der Waals surface area contributed by atoms with Gasteiger partial charge >= 0.3 is 5.97 Å². The van der Waals surface area contributed by atoms with Gasteiger partial charge in [-0.2, -0.15) is 0 Å². The number of esters is 1. The van der Waals surface area contributed by atoms with Gasteiger partial charge in [0.1, 0.15) is 28.1 Å². The molecule has 5 aromatic carbocycles. The van der Waals surface area contributed by atoms with Gasteiger partial charge in [0.05, 0.1) is 0 Å². The van der Waals surface area contributed by atoms with Crippen LogP contribution in [0.15, 0.2) is 125 Å². The molecular weight excluding hydrogens is 460 g/mol. The Labute approximate surface area is 212 Å². The minimum Gasteiger partial charge on any atom is -0.455 e. The molecule has 0 aliphatic carbocycles. The Hall–Kier alpha value is -5.09. The molecule has 2 heterocycles. The van der Waals surface area contributed by atoms with Crippen LogP contribution in [0.4, 0.5) is 0 Å². The Bertz CT molecular complexity index is 2000. The molecule has 0 N–H and O–H groups in total. The number of ether oxygens (including phenoxy) is 1. The Morgan fingerprint density at radius 3 is 1.84 bits per heavy atom. The first kappa shape index (κ1) is 21.2. The van der Waals surface area contributed by atoms with E-state index in [9.17, 15) is 4.79 Å².